The van der Waals surface area contributed by atoms with Crippen molar-refractivity contribution in [1.82, 2.24) is 0 Å². The van der Waals surface area contributed by atoms with Crippen LogP contribution in [0.3, 0.4) is 0 Å². The maximum absolute atomic E-state index is 11.2. The third-order valence-electron chi connectivity index (χ3n) is 3.13. The van der Waals surface area contributed by atoms with E-state index in [1.807, 2.05) is 36.4 Å². The Hall–Kier alpha value is -2.29. The van der Waals surface area contributed by atoms with Crippen LogP contribution >= 0.6 is 0 Å². The van der Waals surface area contributed by atoms with Gasteiger partial charge in [-0.05, 0) is 36.6 Å². The minimum atomic E-state index is -0.906. The van der Waals surface area contributed by atoms with Gasteiger partial charge < -0.3 is 9.84 Å². The molecule has 0 fully saturated rings. The molecule has 2 aromatic rings. The van der Waals surface area contributed by atoms with Gasteiger partial charge in [-0.3, -0.25) is 0 Å². The zero-order chi connectivity index (χ0) is 14.5. The third-order valence-corrected chi connectivity index (χ3v) is 3.13. The van der Waals surface area contributed by atoms with Crippen molar-refractivity contribution in [3.63, 3.8) is 0 Å². The molecule has 0 aliphatic rings. The topological polar surface area (TPSA) is 46.5 Å². The molecule has 0 spiro atoms. The Kier molecular flexibility index (Phi) is 4.41. The maximum atomic E-state index is 11.2. The lowest BCUT2D eigenvalue weighted by Crippen LogP contribution is -2.01. The van der Waals surface area contributed by atoms with E-state index in [2.05, 4.69) is 6.92 Å². The van der Waals surface area contributed by atoms with Gasteiger partial charge in [-0.25, -0.2) is 4.79 Å². The maximum Gasteiger partial charge on any atom is 0.335 e. The summed E-state index contributed by atoms with van der Waals surface area (Å²) in [7, 11) is 0. The highest BCUT2D eigenvalue weighted by Crippen LogP contribution is 2.31. The number of aromatic carboxylic acids is 1. The lowest BCUT2D eigenvalue weighted by Gasteiger charge is -2.12. The quantitative estimate of drug-likeness (QED) is 0.887. The molecule has 0 aromatic heterocycles. The summed E-state index contributed by atoms with van der Waals surface area (Å²) in [5.74, 6) is -0.120. The van der Waals surface area contributed by atoms with Gasteiger partial charge in [-0.15, -0.1) is 0 Å². The Labute approximate surface area is 118 Å². The van der Waals surface area contributed by atoms with Gasteiger partial charge in [0.25, 0.3) is 0 Å². The Morgan fingerprint density at radius 2 is 1.95 bits per heavy atom. The zero-order valence-electron chi connectivity index (χ0n) is 11.7. The summed E-state index contributed by atoms with van der Waals surface area (Å²) in [6.45, 7) is 4.50. The van der Waals surface area contributed by atoms with Crippen LogP contribution in [0.15, 0.2) is 42.5 Å². The first-order chi connectivity index (χ1) is 9.63. The standard InChI is InChI=1S/C17H18O3/c1-3-10-20-16-7-5-4-6-14(16)13-9-8-12(2)15(11-13)17(18)19/h4-9,11H,3,10H2,1-2H3,(H,18,19). The molecule has 0 saturated heterocycles. The number of aryl methyl sites for hydroxylation is 1. The Morgan fingerprint density at radius 3 is 2.65 bits per heavy atom. The Balaban J connectivity index is 2.46. The molecule has 0 aliphatic carbocycles. The highest BCUT2D eigenvalue weighted by Gasteiger charge is 2.11. The van der Waals surface area contributed by atoms with Crippen LogP contribution < -0.4 is 4.74 Å². The van der Waals surface area contributed by atoms with E-state index in [-0.39, 0.29) is 0 Å². The second-order valence-corrected chi connectivity index (χ2v) is 4.68. The minimum Gasteiger partial charge on any atom is -0.493 e. The molecule has 0 aliphatic heterocycles. The van der Waals surface area contributed by atoms with Crippen LogP contribution in [0.5, 0.6) is 5.75 Å². The number of rotatable bonds is 5. The van der Waals surface area contributed by atoms with Crippen molar-refractivity contribution in [2.24, 2.45) is 0 Å². The number of ether oxygens (including phenoxy) is 1. The number of benzene rings is 2. The first-order valence-corrected chi connectivity index (χ1v) is 6.69. The van der Waals surface area contributed by atoms with Gasteiger partial charge in [-0.2, -0.15) is 0 Å². The van der Waals surface area contributed by atoms with Gasteiger partial charge in [-0.1, -0.05) is 37.3 Å². The van der Waals surface area contributed by atoms with E-state index < -0.39 is 5.97 Å². The molecule has 3 nitrogen and oxygen atoms in total. The lowest BCUT2D eigenvalue weighted by atomic mass is 9.99. The van der Waals surface area contributed by atoms with Crippen LogP contribution in [0.1, 0.15) is 29.3 Å². The smallest absolute Gasteiger partial charge is 0.335 e. The van der Waals surface area contributed by atoms with Crippen molar-refractivity contribution in [3.8, 4) is 16.9 Å². The average molecular weight is 270 g/mol. The van der Waals surface area contributed by atoms with Crippen molar-refractivity contribution >= 4 is 5.97 Å². The fourth-order valence-corrected chi connectivity index (χ4v) is 2.06. The number of carbonyl (C=O) groups is 1. The van der Waals surface area contributed by atoms with Crippen molar-refractivity contribution < 1.29 is 14.6 Å². The van der Waals surface area contributed by atoms with Crippen molar-refractivity contribution in [3.05, 3.63) is 53.6 Å². The van der Waals surface area contributed by atoms with Gasteiger partial charge in [0.1, 0.15) is 5.75 Å². The van der Waals surface area contributed by atoms with Crippen molar-refractivity contribution in [2.75, 3.05) is 6.61 Å². The summed E-state index contributed by atoms with van der Waals surface area (Å²) in [5.41, 5.74) is 2.86. The normalized spacial score (nSPS) is 10.3. The molecule has 0 radical (unpaired) electrons. The van der Waals surface area contributed by atoms with E-state index >= 15 is 0 Å². The molecule has 0 saturated carbocycles. The first kappa shape index (κ1) is 14.1. The van der Waals surface area contributed by atoms with Gasteiger partial charge in [0.15, 0.2) is 0 Å². The number of para-hydroxylation sites is 1. The molecule has 2 rings (SSSR count). The second kappa shape index (κ2) is 6.24. The lowest BCUT2D eigenvalue weighted by molar-refractivity contribution is 0.0696. The highest BCUT2D eigenvalue weighted by molar-refractivity contribution is 5.91. The molecule has 1 N–H and O–H groups in total. The van der Waals surface area contributed by atoms with Gasteiger partial charge in [0, 0.05) is 5.56 Å². The highest BCUT2D eigenvalue weighted by atomic mass is 16.5. The third kappa shape index (κ3) is 2.99. The van der Waals surface area contributed by atoms with E-state index in [4.69, 9.17) is 4.74 Å². The predicted molar refractivity (Wildman–Crippen MR) is 79.4 cm³/mol. The Bertz CT molecular complexity index is 617. The number of hydrogen-bond acceptors (Lipinski definition) is 2. The predicted octanol–water partition coefficient (Wildman–Crippen LogP) is 4.15. The molecule has 0 unspecified atom stereocenters. The van der Waals surface area contributed by atoms with E-state index in [0.29, 0.717) is 12.2 Å². The van der Waals surface area contributed by atoms with Crippen molar-refractivity contribution in [1.29, 1.82) is 0 Å². The first-order valence-electron chi connectivity index (χ1n) is 6.69. The summed E-state index contributed by atoms with van der Waals surface area (Å²) < 4.78 is 5.72. The van der Waals surface area contributed by atoms with E-state index in [0.717, 1.165) is 28.9 Å². The Morgan fingerprint density at radius 1 is 1.20 bits per heavy atom. The van der Waals surface area contributed by atoms with Crippen LogP contribution in [0, 0.1) is 6.92 Å². The fourth-order valence-electron chi connectivity index (χ4n) is 2.06. The van der Waals surface area contributed by atoms with E-state index in [1.54, 1.807) is 13.0 Å². The molecule has 0 atom stereocenters. The zero-order valence-corrected chi connectivity index (χ0v) is 11.7. The molecular formula is C17H18O3. The molecule has 104 valence electrons. The summed E-state index contributed by atoms with van der Waals surface area (Å²) in [5, 5.41) is 9.22. The van der Waals surface area contributed by atoms with Gasteiger partial charge in [0.05, 0.1) is 12.2 Å². The number of carboxylic acid groups (broad SMARTS) is 1. The van der Waals surface area contributed by atoms with Gasteiger partial charge >= 0.3 is 5.97 Å². The van der Waals surface area contributed by atoms with E-state index in [1.165, 1.54) is 0 Å². The fraction of sp³-hybridized carbons (Fsp3) is 0.235. The largest absolute Gasteiger partial charge is 0.493 e. The molecule has 0 heterocycles. The molecule has 0 amide bonds. The van der Waals surface area contributed by atoms with Crippen LogP contribution in [0.4, 0.5) is 0 Å². The van der Waals surface area contributed by atoms with Crippen LogP contribution in [0.2, 0.25) is 0 Å². The van der Waals surface area contributed by atoms with E-state index in [9.17, 15) is 9.90 Å². The summed E-state index contributed by atoms with van der Waals surface area (Å²) >= 11 is 0. The SMILES string of the molecule is CCCOc1ccccc1-c1ccc(C)c(C(=O)O)c1. The minimum absolute atomic E-state index is 0.327. The summed E-state index contributed by atoms with van der Waals surface area (Å²) in [6, 6.07) is 13.2. The van der Waals surface area contributed by atoms with Crippen LogP contribution in [-0.4, -0.2) is 17.7 Å². The number of carboxylic acids is 1. The summed E-state index contributed by atoms with van der Waals surface area (Å²) in [6.07, 6.45) is 0.933. The van der Waals surface area contributed by atoms with Crippen LogP contribution in [-0.2, 0) is 0 Å². The molecule has 0 bridgehead atoms. The molecule has 2 aromatic carbocycles. The van der Waals surface area contributed by atoms with Crippen LogP contribution in [0.25, 0.3) is 11.1 Å². The molecule has 3 heteroatoms. The van der Waals surface area contributed by atoms with Gasteiger partial charge in [0.2, 0.25) is 0 Å². The second-order valence-electron chi connectivity index (χ2n) is 4.68. The monoisotopic (exact) mass is 270 g/mol. The number of hydrogen-bond donors (Lipinski definition) is 1. The summed E-state index contributed by atoms with van der Waals surface area (Å²) in [4.78, 5) is 11.2. The molecule has 20 heavy (non-hydrogen) atoms. The average Bonchev–Trinajstić information content (AvgIpc) is 2.46. The molecular weight excluding hydrogens is 252 g/mol. The van der Waals surface area contributed by atoms with Crippen molar-refractivity contribution in [2.45, 2.75) is 20.3 Å².